The molecule has 84 valence electrons. The minimum atomic E-state index is -0.0524. The van der Waals surface area contributed by atoms with Crippen molar-refractivity contribution in [1.82, 2.24) is 9.78 Å². The molecule has 4 heteroatoms. The lowest BCUT2D eigenvalue weighted by Crippen LogP contribution is -2.09. The van der Waals surface area contributed by atoms with E-state index in [0.717, 1.165) is 28.6 Å². The van der Waals surface area contributed by atoms with Gasteiger partial charge in [0.25, 0.3) is 0 Å². The van der Waals surface area contributed by atoms with Crippen LogP contribution in [-0.4, -0.2) is 15.7 Å². The van der Waals surface area contributed by atoms with Crippen molar-refractivity contribution in [3.05, 3.63) is 23.9 Å². The lowest BCUT2D eigenvalue weighted by Gasteiger charge is -2.10. The van der Waals surface area contributed by atoms with E-state index in [2.05, 4.69) is 17.3 Å². The maximum Gasteiger partial charge on any atom is 0.221 e. The minimum absolute atomic E-state index is 0.0524. The standard InChI is InChI=1S/C12H15N3O/c1-4-9-5-6-10-7-13-15(3)12(10)11(9)14-8(2)16/h5-7H,4H2,1-3H3,(H,14,16). The van der Waals surface area contributed by atoms with Crippen molar-refractivity contribution in [1.29, 1.82) is 0 Å². The highest BCUT2D eigenvalue weighted by Gasteiger charge is 2.11. The summed E-state index contributed by atoms with van der Waals surface area (Å²) in [5, 5.41) is 8.14. The minimum Gasteiger partial charge on any atom is -0.324 e. The number of carbonyl (C=O) groups excluding carboxylic acids is 1. The van der Waals surface area contributed by atoms with E-state index in [4.69, 9.17) is 0 Å². The summed E-state index contributed by atoms with van der Waals surface area (Å²) in [6, 6.07) is 4.07. The summed E-state index contributed by atoms with van der Waals surface area (Å²) in [6.45, 7) is 3.59. The zero-order chi connectivity index (χ0) is 11.7. The number of hydrogen-bond acceptors (Lipinski definition) is 2. The molecule has 1 aromatic carbocycles. The Morgan fingerprint density at radius 2 is 2.25 bits per heavy atom. The topological polar surface area (TPSA) is 46.9 Å². The molecule has 1 N–H and O–H groups in total. The summed E-state index contributed by atoms with van der Waals surface area (Å²) in [5.41, 5.74) is 2.99. The highest BCUT2D eigenvalue weighted by molar-refractivity contribution is 6.01. The third-order valence-corrected chi connectivity index (χ3v) is 2.67. The van der Waals surface area contributed by atoms with Gasteiger partial charge in [-0.25, -0.2) is 0 Å². The first-order valence-electron chi connectivity index (χ1n) is 5.34. The summed E-state index contributed by atoms with van der Waals surface area (Å²) in [5.74, 6) is -0.0524. The van der Waals surface area contributed by atoms with Crippen LogP contribution in [-0.2, 0) is 18.3 Å². The van der Waals surface area contributed by atoms with Crippen molar-refractivity contribution < 1.29 is 4.79 Å². The first-order chi connectivity index (χ1) is 7.63. The molecule has 2 aromatic rings. The van der Waals surface area contributed by atoms with E-state index in [1.165, 1.54) is 6.92 Å². The van der Waals surface area contributed by atoms with Crippen molar-refractivity contribution in [3.8, 4) is 0 Å². The Labute approximate surface area is 94.3 Å². The monoisotopic (exact) mass is 217 g/mol. The molecule has 0 aliphatic carbocycles. The van der Waals surface area contributed by atoms with Crippen LogP contribution < -0.4 is 5.32 Å². The number of fused-ring (bicyclic) bond motifs is 1. The fourth-order valence-electron chi connectivity index (χ4n) is 1.92. The van der Waals surface area contributed by atoms with Crippen molar-refractivity contribution >= 4 is 22.5 Å². The fraction of sp³-hybridized carbons (Fsp3) is 0.333. The average Bonchev–Trinajstić information content (AvgIpc) is 2.60. The first kappa shape index (κ1) is 10.7. The summed E-state index contributed by atoms with van der Waals surface area (Å²) >= 11 is 0. The van der Waals surface area contributed by atoms with Gasteiger partial charge in [-0.2, -0.15) is 5.10 Å². The molecule has 1 heterocycles. The van der Waals surface area contributed by atoms with Crippen LogP contribution in [0.4, 0.5) is 5.69 Å². The molecule has 1 amide bonds. The van der Waals surface area contributed by atoms with E-state index >= 15 is 0 Å². The molecule has 0 atom stereocenters. The number of aryl methyl sites for hydroxylation is 2. The molecule has 0 fully saturated rings. The average molecular weight is 217 g/mol. The molecule has 4 nitrogen and oxygen atoms in total. The van der Waals surface area contributed by atoms with Crippen LogP contribution in [0.5, 0.6) is 0 Å². The third-order valence-electron chi connectivity index (χ3n) is 2.67. The third kappa shape index (κ3) is 1.66. The van der Waals surface area contributed by atoms with E-state index in [0.29, 0.717) is 0 Å². The van der Waals surface area contributed by atoms with Gasteiger partial charge in [-0.05, 0) is 12.0 Å². The van der Waals surface area contributed by atoms with Crippen LogP contribution in [0.2, 0.25) is 0 Å². The Balaban J connectivity index is 2.71. The molecule has 0 bridgehead atoms. The second-order valence-corrected chi connectivity index (χ2v) is 3.84. The molecule has 0 aliphatic rings. The molecule has 2 rings (SSSR count). The Morgan fingerprint density at radius 1 is 1.50 bits per heavy atom. The molecule has 1 aromatic heterocycles. The smallest absolute Gasteiger partial charge is 0.221 e. The van der Waals surface area contributed by atoms with Crippen molar-refractivity contribution in [2.45, 2.75) is 20.3 Å². The predicted octanol–water partition coefficient (Wildman–Crippen LogP) is 2.09. The molecule has 0 unspecified atom stereocenters. The van der Waals surface area contributed by atoms with E-state index in [1.54, 1.807) is 10.9 Å². The van der Waals surface area contributed by atoms with Gasteiger partial charge in [-0.15, -0.1) is 0 Å². The van der Waals surface area contributed by atoms with E-state index in [1.807, 2.05) is 19.2 Å². The van der Waals surface area contributed by atoms with Crippen molar-refractivity contribution in [3.63, 3.8) is 0 Å². The fourth-order valence-corrected chi connectivity index (χ4v) is 1.92. The molecule has 0 radical (unpaired) electrons. The highest BCUT2D eigenvalue weighted by atomic mass is 16.1. The molecular weight excluding hydrogens is 202 g/mol. The SMILES string of the molecule is CCc1ccc2cnn(C)c2c1NC(C)=O. The zero-order valence-corrected chi connectivity index (χ0v) is 9.74. The molecule has 0 saturated carbocycles. The van der Waals surface area contributed by atoms with Gasteiger partial charge in [-0.3, -0.25) is 9.48 Å². The van der Waals surface area contributed by atoms with Gasteiger partial charge < -0.3 is 5.32 Å². The first-order valence-corrected chi connectivity index (χ1v) is 5.34. The maximum atomic E-state index is 11.2. The molecule has 0 spiro atoms. The van der Waals surface area contributed by atoms with Gasteiger partial charge in [0.15, 0.2) is 0 Å². The zero-order valence-electron chi connectivity index (χ0n) is 9.74. The number of anilines is 1. The summed E-state index contributed by atoms with van der Waals surface area (Å²) in [4.78, 5) is 11.2. The van der Waals surface area contributed by atoms with E-state index in [9.17, 15) is 4.79 Å². The number of rotatable bonds is 2. The van der Waals surface area contributed by atoms with E-state index < -0.39 is 0 Å². The van der Waals surface area contributed by atoms with Crippen LogP contribution in [0.15, 0.2) is 18.3 Å². The predicted molar refractivity (Wildman–Crippen MR) is 64.4 cm³/mol. The van der Waals surface area contributed by atoms with Crippen LogP contribution >= 0.6 is 0 Å². The number of hydrogen-bond donors (Lipinski definition) is 1. The number of amides is 1. The van der Waals surface area contributed by atoms with Crippen molar-refractivity contribution in [2.75, 3.05) is 5.32 Å². The quantitative estimate of drug-likeness (QED) is 0.837. The number of nitrogens with one attached hydrogen (secondary N) is 1. The summed E-state index contributed by atoms with van der Waals surface area (Å²) < 4.78 is 1.79. The number of nitrogens with zero attached hydrogens (tertiary/aromatic N) is 2. The Bertz CT molecular complexity index is 542. The van der Waals surface area contributed by atoms with Gasteiger partial charge in [0.2, 0.25) is 5.91 Å². The second-order valence-electron chi connectivity index (χ2n) is 3.84. The lowest BCUT2D eigenvalue weighted by molar-refractivity contribution is -0.114. The van der Waals surface area contributed by atoms with Crippen LogP contribution in [0.3, 0.4) is 0 Å². The lowest BCUT2D eigenvalue weighted by atomic mass is 10.1. The Hall–Kier alpha value is -1.84. The summed E-state index contributed by atoms with van der Waals surface area (Å²) in [7, 11) is 1.88. The second kappa shape index (κ2) is 3.96. The van der Waals surface area contributed by atoms with Gasteiger partial charge >= 0.3 is 0 Å². The Kier molecular flexibility index (Phi) is 2.64. The highest BCUT2D eigenvalue weighted by Crippen LogP contribution is 2.27. The summed E-state index contributed by atoms with van der Waals surface area (Å²) in [6.07, 6.45) is 2.69. The number of benzene rings is 1. The van der Waals surface area contributed by atoms with Crippen LogP contribution in [0, 0.1) is 0 Å². The van der Waals surface area contributed by atoms with Gasteiger partial charge in [0.1, 0.15) is 0 Å². The number of carbonyl (C=O) groups is 1. The molecule has 0 aliphatic heterocycles. The van der Waals surface area contributed by atoms with Gasteiger partial charge in [0, 0.05) is 19.4 Å². The van der Waals surface area contributed by atoms with Gasteiger partial charge in [-0.1, -0.05) is 19.1 Å². The molecule has 16 heavy (non-hydrogen) atoms. The molecular formula is C12H15N3O. The van der Waals surface area contributed by atoms with Crippen LogP contribution in [0.1, 0.15) is 19.4 Å². The number of aromatic nitrogens is 2. The Morgan fingerprint density at radius 3 is 2.88 bits per heavy atom. The molecule has 0 saturated heterocycles. The van der Waals surface area contributed by atoms with Crippen LogP contribution in [0.25, 0.3) is 10.9 Å². The largest absolute Gasteiger partial charge is 0.324 e. The normalized spacial score (nSPS) is 10.7. The van der Waals surface area contributed by atoms with Gasteiger partial charge in [0.05, 0.1) is 17.4 Å². The van der Waals surface area contributed by atoms with Crippen molar-refractivity contribution in [2.24, 2.45) is 7.05 Å². The maximum absolute atomic E-state index is 11.2. The van der Waals surface area contributed by atoms with E-state index in [-0.39, 0.29) is 5.91 Å².